The number of carbonyl (C=O) groups is 3. The molecule has 6 atom stereocenters. The molecule has 668 valence electrons. The molecule has 0 spiro atoms. The molecule has 8 N–H and O–H groups in total. The quantitative estimate of drug-likeness (QED) is 0.0169. The molecule has 124 heavy (non-hydrogen) atoms. The van der Waals surface area contributed by atoms with Crippen molar-refractivity contribution in [1.82, 2.24) is 83.6 Å². The number of carboxylic acid groups (broad SMARTS) is 1. The smallest absolute Gasteiger partial charge is 0.339 e. The van der Waals surface area contributed by atoms with E-state index in [0.29, 0.717) is 147 Å². The second kappa shape index (κ2) is 40.8. The largest absolute Gasteiger partial charge is 0.478 e. The molecule has 37 heteroatoms. The number of aliphatic hydroxyl groups is 3. The van der Waals surface area contributed by atoms with Gasteiger partial charge in [0.1, 0.15) is 93.9 Å². The number of nitrogens with one attached hydrogen (secondary N) is 2. The predicted molar refractivity (Wildman–Crippen MR) is 477 cm³/mol. The Morgan fingerprint density at radius 1 is 0.468 bits per heavy atom. The molecule has 31 nitrogen and oxygen atoms in total. The van der Waals surface area contributed by atoms with Crippen LogP contribution < -0.4 is 16.4 Å². The molecule has 0 aliphatic carbocycles. The van der Waals surface area contributed by atoms with Crippen molar-refractivity contribution in [2.75, 3.05) is 59.5 Å². The van der Waals surface area contributed by atoms with E-state index >= 15 is 0 Å². The highest BCUT2D eigenvalue weighted by molar-refractivity contribution is 6.76. The minimum Gasteiger partial charge on any atom is -0.478 e. The second-order valence-corrected chi connectivity index (χ2v) is 53.1. The van der Waals surface area contributed by atoms with E-state index < -0.39 is 54.5 Å². The molecule has 3 aliphatic heterocycles. The van der Waals surface area contributed by atoms with E-state index in [-0.39, 0.29) is 84.5 Å². The SMILES string of the molecule is CC(N)C(O)C1CCOCC1.C[C@@H](NC(=O)c1cn(COCC[Si](C)(C)C)c2ncc(-c3nn(C)c4cc(F)ccc34)nc12)[C@@H](O)C1CCOCC1.C[C@@H](NC(=O)c1cn(COCC[Si](C)(C)C)c2ncc(-c3nn(C)c4cc(F)ccc34)nc12)[C@H](O)C1CCOCC1.Cn1nc(-c2cnc3c(n2)c(C(=O)O)cn3COCC[Si](C)(C)C)c2ccc(F)cc21. The summed E-state index contributed by atoms with van der Waals surface area (Å²) in [5, 5.41) is 62.8. The first-order chi connectivity index (χ1) is 58.9. The molecular formula is C87H119F3N18O13Si3. The lowest BCUT2D eigenvalue weighted by atomic mass is 9.90. The molecule has 0 radical (unpaired) electrons. The van der Waals surface area contributed by atoms with E-state index in [4.69, 9.17) is 44.1 Å². The van der Waals surface area contributed by atoms with Gasteiger partial charge in [0.15, 0.2) is 16.9 Å². The number of aromatic nitrogens is 15. The third kappa shape index (κ3) is 23.3. The average molecular weight is 1770 g/mol. The summed E-state index contributed by atoms with van der Waals surface area (Å²) < 4.78 is 85.2. The fraction of sp³-hybridized carbons (Fsp3) is 0.517. The number of hydrogen-bond donors (Lipinski definition) is 7. The number of rotatable bonds is 29. The number of nitrogens with zero attached hydrogens (tertiary/aromatic N) is 15. The number of aromatic carboxylic acids is 1. The molecule has 12 aromatic rings. The van der Waals surface area contributed by atoms with Crippen LogP contribution in [0.3, 0.4) is 0 Å². The number of nitrogens with two attached hydrogens (primary N) is 1. The molecule has 3 aromatic carbocycles. The summed E-state index contributed by atoms with van der Waals surface area (Å²) in [6, 6.07) is 15.4. The number of carboxylic acids is 1. The Hall–Kier alpha value is -9.62. The average Bonchev–Trinajstić information content (AvgIpc) is 1.62. The molecule has 3 aliphatic rings. The molecule has 9 aromatic heterocycles. The van der Waals surface area contributed by atoms with Crippen molar-refractivity contribution in [2.24, 2.45) is 44.6 Å². The van der Waals surface area contributed by atoms with Crippen molar-refractivity contribution >= 4 is 108 Å². The maximum absolute atomic E-state index is 13.9. The summed E-state index contributed by atoms with van der Waals surface area (Å²) in [5.74, 6) is -2.38. The van der Waals surface area contributed by atoms with Crippen molar-refractivity contribution in [3.05, 3.63) is 126 Å². The summed E-state index contributed by atoms with van der Waals surface area (Å²) in [6.45, 7) is 32.6. The Labute approximate surface area is 721 Å². The zero-order valence-electron chi connectivity index (χ0n) is 73.6. The van der Waals surface area contributed by atoms with Crippen molar-refractivity contribution in [3.8, 4) is 34.2 Å². The van der Waals surface area contributed by atoms with Crippen molar-refractivity contribution < 1.29 is 76.4 Å². The molecule has 0 bridgehead atoms. The van der Waals surface area contributed by atoms with Gasteiger partial charge in [0, 0.05) is 146 Å². The van der Waals surface area contributed by atoms with Crippen LogP contribution in [0.4, 0.5) is 13.2 Å². The predicted octanol–water partition coefficient (Wildman–Crippen LogP) is 12.9. The van der Waals surface area contributed by atoms with Gasteiger partial charge < -0.3 is 78.9 Å². The lowest BCUT2D eigenvalue weighted by Gasteiger charge is -2.30. The molecular weight excluding hydrogens is 1650 g/mol. The van der Waals surface area contributed by atoms with E-state index in [9.17, 15) is 48.0 Å². The van der Waals surface area contributed by atoms with E-state index in [1.807, 2.05) is 20.8 Å². The van der Waals surface area contributed by atoms with Crippen LogP contribution in [0.5, 0.6) is 0 Å². The monoisotopic (exact) mass is 1760 g/mol. The van der Waals surface area contributed by atoms with Crippen LogP contribution in [-0.4, -0.2) is 231 Å². The Bertz CT molecular complexity index is 5470. The van der Waals surface area contributed by atoms with Gasteiger partial charge in [0.25, 0.3) is 11.8 Å². The van der Waals surface area contributed by atoms with Crippen LogP contribution >= 0.6 is 0 Å². The molecule has 3 fully saturated rings. The van der Waals surface area contributed by atoms with E-state index in [1.54, 1.807) is 98.1 Å². The van der Waals surface area contributed by atoms with Crippen LogP contribution in [0.15, 0.2) is 91.8 Å². The summed E-state index contributed by atoms with van der Waals surface area (Å²) >= 11 is 0. The number of fused-ring (bicyclic) bond motifs is 6. The van der Waals surface area contributed by atoms with Crippen LogP contribution in [0, 0.1) is 35.2 Å². The zero-order chi connectivity index (χ0) is 89.2. The topological polar surface area (TPSA) is 383 Å². The number of carbonyl (C=O) groups excluding carboxylic acids is 2. The number of amides is 2. The van der Waals surface area contributed by atoms with Crippen LogP contribution in [0.1, 0.15) is 90.4 Å². The van der Waals surface area contributed by atoms with Crippen molar-refractivity contribution in [1.29, 1.82) is 0 Å². The van der Waals surface area contributed by atoms with Crippen molar-refractivity contribution in [3.63, 3.8) is 0 Å². The summed E-state index contributed by atoms with van der Waals surface area (Å²) in [6.07, 6.45) is 12.9. The van der Waals surface area contributed by atoms with Crippen LogP contribution in [0.2, 0.25) is 77.1 Å². The Morgan fingerprint density at radius 3 is 1.03 bits per heavy atom. The highest BCUT2D eigenvalue weighted by Gasteiger charge is 2.34. The standard InChI is InChI=1S/2C29H39FN6O4Si.C21H24FN5O3Si.C8H17NO2/c2*1-18(27(37)19-8-10-39-11-9-19)32-29(38)22-16-36(17-40-12-13-41(3,4)5)28-26(22)33-23(15-31-28)25-21-7-6-20(30)14-24(21)35(2)34-25;1-26-17-9-13(22)5-6-14(17)18(25-26)16-10-23-20-19(24-16)15(21(28)29)11-27(20)12-30-7-8-31(2,3)4;1-6(9)8(10)7-2-4-11-5-3-7/h2*6-7,14-16,18-19,27,37H,8-13,17H2,1-5H3,(H,32,38);5-6,9-11H,7-8,12H2,1-4H3,(H,28,29);6-8,10H,2-5,9H2,1H3/t18-,27+;18-,27-;;/m11../s1. The number of halogens is 3. The van der Waals surface area contributed by atoms with Gasteiger partial charge in [0.2, 0.25) is 0 Å². The number of hydrogen-bond acceptors (Lipinski definition) is 22. The number of aliphatic hydroxyl groups excluding tert-OH is 3. The molecule has 2 unspecified atom stereocenters. The Balaban J connectivity index is 0.000000161. The van der Waals surface area contributed by atoms with Crippen molar-refractivity contribution in [2.45, 2.75) is 193 Å². The lowest BCUT2D eigenvalue weighted by Crippen LogP contribution is -2.45. The van der Waals surface area contributed by atoms with Gasteiger partial charge in [-0.3, -0.25) is 23.6 Å². The maximum Gasteiger partial charge on any atom is 0.339 e. The molecule has 3 saturated heterocycles. The first-order valence-electron chi connectivity index (χ1n) is 42.5. The van der Waals surface area contributed by atoms with Gasteiger partial charge in [-0.15, -0.1) is 0 Å². The molecule has 15 rings (SSSR count). The molecule has 0 saturated carbocycles. The minimum absolute atomic E-state index is 0.0458. The maximum atomic E-state index is 13.9. The zero-order valence-corrected chi connectivity index (χ0v) is 76.6. The van der Waals surface area contributed by atoms with Gasteiger partial charge in [-0.1, -0.05) is 58.9 Å². The number of ether oxygens (including phenoxy) is 6. The third-order valence-corrected chi connectivity index (χ3v) is 27.9. The summed E-state index contributed by atoms with van der Waals surface area (Å²) in [7, 11) is 1.46. The molecule has 2 amide bonds. The summed E-state index contributed by atoms with van der Waals surface area (Å²) in [5.41, 5.74) is 13.7. The first kappa shape index (κ1) is 93.5. The third-order valence-electron chi connectivity index (χ3n) is 22.8. The Morgan fingerprint density at radius 2 is 0.750 bits per heavy atom. The fourth-order valence-electron chi connectivity index (χ4n) is 15.3. The van der Waals surface area contributed by atoms with Gasteiger partial charge in [-0.25, -0.2) is 47.9 Å². The van der Waals surface area contributed by atoms with Gasteiger partial charge in [-0.2, -0.15) is 15.3 Å². The highest BCUT2D eigenvalue weighted by Crippen LogP contribution is 2.35. The lowest BCUT2D eigenvalue weighted by molar-refractivity contribution is -0.00426. The van der Waals surface area contributed by atoms with E-state index in [1.165, 1.54) is 42.6 Å². The van der Waals surface area contributed by atoms with E-state index in [2.05, 4.69) is 105 Å². The number of aryl methyl sites for hydroxylation is 3. The number of benzene rings is 3. The van der Waals surface area contributed by atoms with Crippen LogP contribution in [-0.2, 0) is 69.8 Å². The molecule has 12 heterocycles. The van der Waals surface area contributed by atoms with Crippen LogP contribution in [0.25, 0.3) is 100 Å². The summed E-state index contributed by atoms with van der Waals surface area (Å²) in [4.78, 5) is 67.1. The van der Waals surface area contributed by atoms with E-state index in [0.717, 1.165) is 80.6 Å². The normalized spacial score (nSPS) is 16.2. The van der Waals surface area contributed by atoms with Gasteiger partial charge >= 0.3 is 5.97 Å². The highest BCUT2D eigenvalue weighted by atomic mass is 28.3. The fourth-order valence-corrected chi connectivity index (χ4v) is 17.6. The second-order valence-electron chi connectivity index (χ2n) is 36.3. The van der Waals surface area contributed by atoms with Gasteiger partial charge in [0.05, 0.1) is 76.7 Å². The first-order valence-corrected chi connectivity index (χ1v) is 53.6. The minimum atomic E-state index is -1.26. The van der Waals surface area contributed by atoms with Gasteiger partial charge in [-0.05, 0) is 150 Å². The Kier molecular flexibility index (Phi) is 30.8.